The molecule has 7 nitrogen and oxygen atoms in total. The molecule has 0 radical (unpaired) electrons. The van der Waals surface area contributed by atoms with Gasteiger partial charge in [0.1, 0.15) is 6.04 Å². The molecule has 0 aliphatic rings. The van der Waals surface area contributed by atoms with Crippen molar-refractivity contribution >= 4 is 45.9 Å². The number of carboxylic acid groups (broad SMARTS) is 1. The highest BCUT2D eigenvalue weighted by atomic mass is 35.5. The molecule has 1 heterocycles. The molecule has 0 fully saturated rings. The lowest BCUT2D eigenvalue weighted by molar-refractivity contribution is -0.139. The Bertz CT molecular complexity index is 1400. The molecule has 0 unspecified atom stereocenters. The Kier molecular flexibility index (Phi) is 6.44. The van der Waals surface area contributed by atoms with Crippen LogP contribution in [0.5, 0.6) is 0 Å². The molecule has 0 aliphatic heterocycles. The van der Waals surface area contributed by atoms with E-state index in [-0.39, 0.29) is 27.6 Å². The topological polar surface area (TPSA) is 101 Å². The van der Waals surface area contributed by atoms with Gasteiger partial charge in [0.2, 0.25) is 0 Å². The first-order valence-electron chi connectivity index (χ1n) is 9.89. The summed E-state index contributed by atoms with van der Waals surface area (Å²) >= 11 is 12.1. The summed E-state index contributed by atoms with van der Waals surface area (Å²) in [4.78, 5) is 37.1. The minimum absolute atomic E-state index is 0.0173. The maximum atomic E-state index is 12.7. The molecule has 1 atom stereocenters. The Morgan fingerprint density at radius 2 is 1.64 bits per heavy atom. The average molecular weight is 482 g/mol. The predicted octanol–water partition coefficient (Wildman–Crippen LogP) is 4.12. The van der Waals surface area contributed by atoms with Crippen LogP contribution < -0.4 is 10.9 Å². The highest BCUT2D eigenvalue weighted by molar-refractivity contribution is 6.39. The third-order valence-corrected chi connectivity index (χ3v) is 5.74. The summed E-state index contributed by atoms with van der Waals surface area (Å²) in [7, 11) is 0. The molecule has 1 amide bonds. The van der Waals surface area contributed by atoms with Crippen LogP contribution in [0, 0.1) is 0 Å². The van der Waals surface area contributed by atoms with Crippen LogP contribution in [0.4, 0.5) is 0 Å². The van der Waals surface area contributed by atoms with Gasteiger partial charge in [0.15, 0.2) is 0 Å². The number of hydrogen-bond donors (Lipinski definition) is 2. The smallest absolute Gasteiger partial charge is 0.326 e. The molecule has 2 N–H and O–H groups in total. The van der Waals surface area contributed by atoms with E-state index >= 15 is 0 Å². The fraction of sp³-hybridized carbons (Fsp3) is 0.0833. The van der Waals surface area contributed by atoms with E-state index in [2.05, 4.69) is 10.4 Å². The first-order chi connectivity index (χ1) is 15.8. The molecule has 0 bridgehead atoms. The molecule has 9 heteroatoms. The van der Waals surface area contributed by atoms with Crippen molar-refractivity contribution in [2.75, 3.05) is 0 Å². The summed E-state index contributed by atoms with van der Waals surface area (Å²) < 4.78 is 1.28. The number of rotatable bonds is 6. The number of aromatic nitrogens is 2. The minimum Gasteiger partial charge on any atom is -0.480 e. The zero-order valence-corrected chi connectivity index (χ0v) is 18.5. The molecule has 0 saturated carbocycles. The molecule has 166 valence electrons. The lowest BCUT2D eigenvalue weighted by atomic mass is 10.0. The second-order valence-corrected chi connectivity index (χ2v) is 8.09. The Morgan fingerprint density at radius 3 is 2.30 bits per heavy atom. The fourth-order valence-electron chi connectivity index (χ4n) is 3.43. The number of amides is 1. The van der Waals surface area contributed by atoms with E-state index in [1.54, 1.807) is 48.7 Å². The van der Waals surface area contributed by atoms with Gasteiger partial charge in [0, 0.05) is 11.8 Å². The molecule has 3 aromatic carbocycles. The summed E-state index contributed by atoms with van der Waals surface area (Å²) in [5.74, 6) is -1.88. The van der Waals surface area contributed by atoms with E-state index < -0.39 is 17.9 Å². The van der Waals surface area contributed by atoms with Gasteiger partial charge in [-0.3, -0.25) is 9.59 Å². The second-order valence-electron chi connectivity index (χ2n) is 7.28. The minimum atomic E-state index is -1.21. The summed E-state index contributed by atoms with van der Waals surface area (Å²) in [6, 6.07) is 17.3. The number of aliphatic carboxylic acids is 1. The fourth-order valence-corrected chi connectivity index (χ4v) is 4.00. The van der Waals surface area contributed by atoms with Gasteiger partial charge < -0.3 is 10.4 Å². The van der Waals surface area contributed by atoms with E-state index in [4.69, 9.17) is 23.2 Å². The molecule has 33 heavy (non-hydrogen) atoms. The number of benzene rings is 3. The molecule has 4 rings (SSSR count). The standard InChI is InChI=1S/C24H17Cl2N3O4/c25-18-6-3-7-19(26)21(18)22(30)28-20(24(32)33)12-14-8-10-16(11-9-14)29-23(31)17-5-2-1-4-15(17)13-27-29/h1-11,13,20H,12H2,(H,28,30)(H,32,33)/t20-/m0/s1. The number of fused-ring (bicyclic) bond motifs is 1. The van der Waals surface area contributed by atoms with E-state index in [0.29, 0.717) is 16.6 Å². The number of halogens is 2. The van der Waals surface area contributed by atoms with E-state index in [1.807, 2.05) is 12.1 Å². The highest BCUT2D eigenvalue weighted by Gasteiger charge is 2.24. The number of carboxylic acids is 1. The maximum Gasteiger partial charge on any atom is 0.326 e. The number of carbonyl (C=O) groups is 2. The largest absolute Gasteiger partial charge is 0.480 e. The van der Waals surface area contributed by atoms with Crippen LogP contribution in [0.15, 0.2) is 77.7 Å². The molecule has 0 spiro atoms. The number of hydrogen-bond acceptors (Lipinski definition) is 4. The summed E-state index contributed by atoms with van der Waals surface area (Å²) in [6.07, 6.45) is 1.63. The monoisotopic (exact) mass is 481 g/mol. The van der Waals surface area contributed by atoms with Gasteiger partial charge in [-0.1, -0.05) is 59.6 Å². The molecular weight excluding hydrogens is 465 g/mol. The van der Waals surface area contributed by atoms with Gasteiger partial charge >= 0.3 is 5.97 Å². The van der Waals surface area contributed by atoms with E-state index in [1.165, 1.54) is 16.8 Å². The first kappa shape index (κ1) is 22.5. The van der Waals surface area contributed by atoms with Crippen molar-refractivity contribution in [1.82, 2.24) is 15.1 Å². The van der Waals surface area contributed by atoms with Crippen molar-refractivity contribution in [3.05, 3.63) is 104 Å². The van der Waals surface area contributed by atoms with Crippen LogP contribution in [-0.4, -0.2) is 32.8 Å². The molecule has 0 aliphatic carbocycles. The SMILES string of the molecule is O=C(N[C@@H](Cc1ccc(-n2ncc3ccccc3c2=O)cc1)C(=O)O)c1c(Cl)cccc1Cl. The van der Waals surface area contributed by atoms with Crippen molar-refractivity contribution in [1.29, 1.82) is 0 Å². The number of nitrogens with zero attached hydrogens (tertiary/aromatic N) is 2. The van der Waals surface area contributed by atoms with Gasteiger partial charge in [-0.2, -0.15) is 9.78 Å². The summed E-state index contributed by atoms with van der Waals surface area (Å²) in [5, 5.41) is 17.8. The molecule has 0 saturated heterocycles. The maximum absolute atomic E-state index is 12.7. The lowest BCUT2D eigenvalue weighted by Gasteiger charge is -2.16. The van der Waals surface area contributed by atoms with Crippen molar-refractivity contribution < 1.29 is 14.7 Å². The van der Waals surface area contributed by atoms with Crippen LogP contribution in [0.25, 0.3) is 16.5 Å². The number of carbonyl (C=O) groups excluding carboxylic acids is 1. The predicted molar refractivity (Wildman–Crippen MR) is 126 cm³/mol. The molecule has 4 aromatic rings. The van der Waals surface area contributed by atoms with E-state index in [0.717, 1.165) is 5.39 Å². The average Bonchev–Trinajstić information content (AvgIpc) is 2.79. The lowest BCUT2D eigenvalue weighted by Crippen LogP contribution is -2.42. The van der Waals surface area contributed by atoms with Crippen LogP contribution in [0.3, 0.4) is 0 Å². The molecular formula is C24H17Cl2N3O4. The Morgan fingerprint density at radius 1 is 0.970 bits per heavy atom. The van der Waals surface area contributed by atoms with Crippen molar-refractivity contribution in [2.24, 2.45) is 0 Å². The van der Waals surface area contributed by atoms with Gasteiger partial charge in [-0.15, -0.1) is 0 Å². The first-order valence-corrected chi connectivity index (χ1v) is 10.6. The normalized spacial score (nSPS) is 11.8. The second kappa shape index (κ2) is 9.44. The van der Waals surface area contributed by atoms with Crippen LogP contribution in [0.1, 0.15) is 15.9 Å². The molecule has 1 aromatic heterocycles. The van der Waals surface area contributed by atoms with Gasteiger partial charge in [0.25, 0.3) is 11.5 Å². The van der Waals surface area contributed by atoms with Crippen LogP contribution in [0.2, 0.25) is 10.0 Å². The zero-order valence-electron chi connectivity index (χ0n) is 17.0. The van der Waals surface area contributed by atoms with Crippen molar-refractivity contribution in [2.45, 2.75) is 12.5 Å². The number of nitrogens with one attached hydrogen (secondary N) is 1. The van der Waals surface area contributed by atoms with E-state index in [9.17, 15) is 19.5 Å². The van der Waals surface area contributed by atoms with Gasteiger partial charge in [-0.05, 0) is 35.9 Å². The Labute approximate surface area is 198 Å². The Balaban J connectivity index is 1.55. The third-order valence-electron chi connectivity index (χ3n) is 5.11. The van der Waals surface area contributed by atoms with Crippen LogP contribution >= 0.6 is 23.2 Å². The third kappa shape index (κ3) is 4.74. The summed E-state index contributed by atoms with van der Waals surface area (Å²) in [5.41, 5.74) is 0.941. The quantitative estimate of drug-likeness (QED) is 0.431. The van der Waals surface area contributed by atoms with Gasteiger partial charge in [-0.25, -0.2) is 4.79 Å². The van der Waals surface area contributed by atoms with Crippen molar-refractivity contribution in [3.8, 4) is 5.69 Å². The Hall–Kier alpha value is -3.68. The zero-order chi connectivity index (χ0) is 23.5. The highest BCUT2D eigenvalue weighted by Crippen LogP contribution is 2.24. The van der Waals surface area contributed by atoms with Gasteiger partial charge in [0.05, 0.1) is 32.9 Å². The van der Waals surface area contributed by atoms with Crippen LogP contribution in [-0.2, 0) is 11.2 Å². The van der Waals surface area contributed by atoms with Crippen molar-refractivity contribution in [3.63, 3.8) is 0 Å². The summed E-state index contributed by atoms with van der Waals surface area (Å²) in [6.45, 7) is 0.